The molecule has 0 aliphatic heterocycles. The third-order valence-electron chi connectivity index (χ3n) is 5.37. The van der Waals surface area contributed by atoms with Crippen LogP contribution in [0.2, 0.25) is 0 Å². The highest BCUT2D eigenvalue weighted by Gasteiger charge is 2.31. The Kier molecular flexibility index (Phi) is 6.34. The molecule has 0 saturated heterocycles. The Morgan fingerprint density at radius 2 is 1.64 bits per heavy atom. The average molecular weight is 380 g/mol. The molecule has 28 heavy (non-hydrogen) atoms. The van der Waals surface area contributed by atoms with Crippen LogP contribution in [0.15, 0.2) is 48.5 Å². The average Bonchev–Trinajstić information content (AvgIpc) is 3.17. The molecular formula is C23H28N2O3. The normalized spacial score (nSPS) is 18.5. The van der Waals surface area contributed by atoms with E-state index in [1.165, 1.54) is 5.56 Å². The number of ether oxygens (including phenoxy) is 1. The predicted molar refractivity (Wildman–Crippen MR) is 110 cm³/mol. The van der Waals surface area contributed by atoms with Gasteiger partial charge in [-0.2, -0.15) is 0 Å². The van der Waals surface area contributed by atoms with Crippen LogP contribution in [-0.2, 0) is 4.79 Å². The van der Waals surface area contributed by atoms with Crippen molar-refractivity contribution in [1.82, 2.24) is 10.2 Å². The summed E-state index contributed by atoms with van der Waals surface area (Å²) < 4.78 is 5.54. The summed E-state index contributed by atoms with van der Waals surface area (Å²) >= 11 is 0. The number of carbonyl (C=O) groups excluding carboxylic acids is 2. The molecule has 2 atom stereocenters. The molecule has 3 rings (SSSR count). The molecule has 1 aliphatic rings. The first-order valence-electron chi connectivity index (χ1n) is 9.87. The monoisotopic (exact) mass is 380 g/mol. The standard InChI is InChI=1S/C23H28N2O3/c1-4-22(26)24-19-11-12-20(15-19)25(3)23(27)28-21-13-9-18(10-14-21)17-7-5-16(2)6-8-17/h5-10,13-14,19-20H,4,11-12,15H2,1-3H3,(H,24,26)/t19-,20+/m0/s1. The molecule has 0 spiro atoms. The Hall–Kier alpha value is -2.82. The number of amides is 2. The molecule has 1 fully saturated rings. The lowest BCUT2D eigenvalue weighted by molar-refractivity contribution is -0.121. The molecule has 148 valence electrons. The fourth-order valence-electron chi connectivity index (χ4n) is 3.55. The highest BCUT2D eigenvalue weighted by Crippen LogP contribution is 2.26. The molecule has 5 heteroatoms. The van der Waals surface area contributed by atoms with Crippen molar-refractivity contribution in [3.63, 3.8) is 0 Å². The largest absolute Gasteiger partial charge is 0.415 e. The van der Waals surface area contributed by atoms with Gasteiger partial charge in [-0.05, 0) is 49.4 Å². The number of rotatable bonds is 5. The van der Waals surface area contributed by atoms with Gasteiger partial charge in [0.25, 0.3) is 0 Å². The van der Waals surface area contributed by atoms with Crippen LogP contribution >= 0.6 is 0 Å². The van der Waals surface area contributed by atoms with Crippen molar-refractivity contribution in [3.8, 4) is 16.9 Å². The van der Waals surface area contributed by atoms with Gasteiger partial charge in [-0.25, -0.2) is 4.79 Å². The maximum Gasteiger partial charge on any atom is 0.415 e. The third-order valence-corrected chi connectivity index (χ3v) is 5.37. The minimum atomic E-state index is -0.365. The Morgan fingerprint density at radius 3 is 2.25 bits per heavy atom. The van der Waals surface area contributed by atoms with E-state index >= 15 is 0 Å². The van der Waals surface area contributed by atoms with Gasteiger partial charge in [0, 0.05) is 25.6 Å². The second-order valence-electron chi connectivity index (χ2n) is 7.45. The molecule has 2 amide bonds. The number of aryl methyl sites for hydroxylation is 1. The molecular weight excluding hydrogens is 352 g/mol. The molecule has 2 aromatic carbocycles. The van der Waals surface area contributed by atoms with Crippen molar-refractivity contribution in [2.45, 2.75) is 51.6 Å². The smallest absolute Gasteiger partial charge is 0.410 e. The summed E-state index contributed by atoms with van der Waals surface area (Å²) in [5.74, 6) is 0.589. The number of nitrogens with one attached hydrogen (secondary N) is 1. The lowest BCUT2D eigenvalue weighted by atomic mass is 10.0. The molecule has 1 aliphatic carbocycles. The van der Waals surface area contributed by atoms with Crippen LogP contribution in [0.3, 0.4) is 0 Å². The van der Waals surface area contributed by atoms with E-state index in [1.807, 2.05) is 31.2 Å². The molecule has 0 radical (unpaired) electrons. The Balaban J connectivity index is 1.55. The van der Waals surface area contributed by atoms with Crippen molar-refractivity contribution in [3.05, 3.63) is 54.1 Å². The predicted octanol–water partition coefficient (Wildman–Crippen LogP) is 4.54. The van der Waals surface area contributed by atoms with Gasteiger partial charge in [0.2, 0.25) is 5.91 Å². The molecule has 1 N–H and O–H groups in total. The summed E-state index contributed by atoms with van der Waals surface area (Å²) in [6.45, 7) is 3.91. The first-order valence-corrected chi connectivity index (χ1v) is 9.87. The summed E-state index contributed by atoms with van der Waals surface area (Å²) in [6.07, 6.45) is 2.64. The number of hydrogen-bond donors (Lipinski definition) is 1. The topological polar surface area (TPSA) is 58.6 Å². The zero-order valence-corrected chi connectivity index (χ0v) is 16.8. The van der Waals surface area contributed by atoms with Gasteiger partial charge in [0.15, 0.2) is 0 Å². The van der Waals surface area contributed by atoms with Gasteiger partial charge in [-0.1, -0.05) is 48.9 Å². The summed E-state index contributed by atoms with van der Waals surface area (Å²) in [7, 11) is 1.76. The van der Waals surface area contributed by atoms with Gasteiger partial charge >= 0.3 is 6.09 Å². The van der Waals surface area contributed by atoms with Crippen LogP contribution < -0.4 is 10.1 Å². The van der Waals surface area contributed by atoms with Crippen LogP contribution in [0, 0.1) is 6.92 Å². The van der Waals surface area contributed by atoms with Crippen molar-refractivity contribution >= 4 is 12.0 Å². The summed E-state index contributed by atoms with van der Waals surface area (Å²) in [5.41, 5.74) is 3.44. The minimum absolute atomic E-state index is 0.0598. The molecule has 0 heterocycles. The lowest BCUT2D eigenvalue weighted by Gasteiger charge is -2.24. The molecule has 2 aromatic rings. The summed E-state index contributed by atoms with van der Waals surface area (Å²) in [5, 5.41) is 3.01. The van der Waals surface area contributed by atoms with Crippen molar-refractivity contribution < 1.29 is 14.3 Å². The van der Waals surface area contributed by atoms with E-state index in [-0.39, 0.29) is 24.1 Å². The maximum absolute atomic E-state index is 12.5. The number of carbonyl (C=O) groups is 2. The van der Waals surface area contributed by atoms with E-state index in [9.17, 15) is 9.59 Å². The first-order chi connectivity index (χ1) is 13.5. The van der Waals surface area contributed by atoms with Crippen LogP contribution in [-0.4, -0.2) is 36.0 Å². The van der Waals surface area contributed by atoms with E-state index in [0.717, 1.165) is 30.4 Å². The van der Waals surface area contributed by atoms with Crippen LogP contribution in [0.25, 0.3) is 11.1 Å². The van der Waals surface area contributed by atoms with E-state index in [0.29, 0.717) is 12.2 Å². The quantitative estimate of drug-likeness (QED) is 0.828. The molecule has 0 bridgehead atoms. The van der Waals surface area contributed by atoms with Gasteiger partial charge in [0.1, 0.15) is 5.75 Å². The fraction of sp³-hybridized carbons (Fsp3) is 0.391. The zero-order valence-electron chi connectivity index (χ0n) is 16.8. The number of benzene rings is 2. The molecule has 1 saturated carbocycles. The Bertz CT molecular complexity index is 815. The third kappa shape index (κ3) is 4.91. The molecule has 5 nitrogen and oxygen atoms in total. The Labute approximate surface area is 166 Å². The molecule has 0 aromatic heterocycles. The van der Waals surface area contributed by atoms with E-state index in [4.69, 9.17) is 4.74 Å². The van der Waals surface area contributed by atoms with Gasteiger partial charge in [0.05, 0.1) is 0 Å². The second-order valence-corrected chi connectivity index (χ2v) is 7.45. The highest BCUT2D eigenvalue weighted by atomic mass is 16.6. The zero-order chi connectivity index (χ0) is 20.1. The van der Waals surface area contributed by atoms with Crippen LogP contribution in [0.1, 0.15) is 38.2 Å². The van der Waals surface area contributed by atoms with Crippen LogP contribution in [0.5, 0.6) is 5.75 Å². The van der Waals surface area contributed by atoms with Gasteiger partial charge in [-0.15, -0.1) is 0 Å². The van der Waals surface area contributed by atoms with E-state index in [1.54, 1.807) is 11.9 Å². The van der Waals surface area contributed by atoms with Crippen LogP contribution in [0.4, 0.5) is 4.79 Å². The first kappa shape index (κ1) is 19.9. The van der Waals surface area contributed by atoms with Crippen molar-refractivity contribution in [1.29, 1.82) is 0 Å². The number of nitrogens with zero attached hydrogens (tertiary/aromatic N) is 1. The van der Waals surface area contributed by atoms with Gasteiger partial charge < -0.3 is 15.0 Å². The van der Waals surface area contributed by atoms with Crippen molar-refractivity contribution in [2.24, 2.45) is 0 Å². The fourth-order valence-corrected chi connectivity index (χ4v) is 3.55. The van der Waals surface area contributed by atoms with E-state index < -0.39 is 0 Å². The van der Waals surface area contributed by atoms with Gasteiger partial charge in [-0.3, -0.25) is 4.79 Å². The Morgan fingerprint density at radius 1 is 1.04 bits per heavy atom. The SMILES string of the molecule is CCC(=O)N[C@H]1CC[C@@H](N(C)C(=O)Oc2ccc(-c3ccc(C)cc3)cc2)C1. The molecule has 0 unspecified atom stereocenters. The second kappa shape index (κ2) is 8.91. The summed E-state index contributed by atoms with van der Waals surface area (Å²) in [6, 6.07) is 16.1. The maximum atomic E-state index is 12.5. The summed E-state index contributed by atoms with van der Waals surface area (Å²) in [4.78, 5) is 25.7. The minimum Gasteiger partial charge on any atom is -0.410 e. The van der Waals surface area contributed by atoms with Crippen molar-refractivity contribution in [2.75, 3.05) is 7.05 Å². The van der Waals surface area contributed by atoms with E-state index in [2.05, 4.69) is 36.5 Å². The number of hydrogen-bond acceptors (Lipinski definition) is 3. The highest BCUT2D eigenvalue weighted by molar-refractivity contribution is 5.76. The lowest BCUT2D eigenvalue weighted by Crippen LogP contribution is -2.39.